The third kappa shape index (κ3) is 2.50. The molecule has 1 heterocycles. The fraction of sp³-hybridized carbons (Fsp3) is 0.500. The van der Waals surface area contributed by atoms with Gasteiger partial charge in [0.05, 0.1) is 12.7 Å². The lowest BCUT2D eigenvalue weighted by Gasteiger charge is -1.94. The number of ether oxygens (including phenoxy) is 2. The van der Waals surface area contributed by atoms with Crippen molar-refractivity contribution in [3.63, 3.8) is 0 Å². The summed E-state index contributed by atoms with van der Waals surface area (Å²) in [6, 6.07) is 0. The van der Waals surface area contributed by atoms with E-state index < -0.39 is 5.97 Å². The molecule has 0 aliphatic carbocycles. The zero-order valence-corrected chi connectivity index (χ0v) is 5.28. The van der Waals surface area contributed by atoms with Crippen LogP contribution in [-0.4, -0.2) is 25.3 Å². The van der Waals surface area contributed by atoms with E-state index in [2.05, 4.69) is 4.74 Å². The topological polar surface area (TPSA) is 58.7 Å². The van der Waals surface area contributed by atoms with E-state index >= 15 is 0 Å². The Bertz CT molecular complexity index is 148. The predicted molar refractivity (Wildman–Crippen MR) is 30.5 cm³/mol. The Kier molecular flexibility index (Phi) is 2.28. The fourth-order valence-corrected chi connectivity index (χ4v) is 0.443. The van der Waals surface area contributed by atoms with Crippen LogP contribution in [0.5, 0.6) is 0 Å². The van der Waals surface area contributed by atoms with Crippen LogP contribution in [0.2, 0.25) is 0 Å². The molecule has 55 valence electrons. The summed E-state index contributed by atoms with van der Waals surface area (Å²) >= 11 is 0. The first-order valence-corrected chi connectivity index (χ1v) is 2.90. The maximum atomic E-state index is 10.4. The summed E-state index contributed by atoms with van der Waals surface area (Å²) in [4.78, 5) is 10.4. The minimum Gasteiger partial charge on any atom is -0.460 e. The summed E-state index contributed by atoms with van der Waals surface area (Å²) in [6.07, 6.45) is 1.29. The monoisotopic (exact) mass is 143 g/mol. The van der Waals surface area contributed by atoms with Crippen molar-refractivity contribution < 1.29 is 19.4 Å². The molecule has 1 rings (SSSR count). The number of hydrogen-bond donors (Lipinski definition) is 0. The average Bonchev–Trinajstić information content (AvgIpc) is 2.67. The predicted octanol–water partition coefficient (Wildman–Crippen LogP) is -0.127. The molecule has 1 atom stereocenters. The zero-order valence-electron chi connectivity index (χ0n) is 5.28. The molecule has 1 saturated heterocycles. The van der Waals surface area contributed by atoms with Gasteiger partial charge in [-0.1, -0.05) is 0 Å². The van der Waals surface area contributed by atoms with Crippen molar-refractivity contribution in [3.05, 3.63) is 12.3 Å². The smallest absolute Gasteiger partial charge is 0.334 e. The Morgan fingerprint density at radius 1 is 1.80 bits per heavy atom. The highest BCUT2D eigenvalue weighted by atomic mass is 16.6. The minimum absolute atomic E-state index is 0.0593. The maximum Gasteiger partial charge on any atom is 0.334 e. The maximum absolute atomic E-state index is 10.4. The molecule has 0 aromatic carbocycles. The van der Waals surface area contributed by atoms with Crippen LogP contribution in [0.3, 0.4) is 0 Å². The summed E-state index contributed by atoms with van der Waals surface area (Å²) in [5.41, 5.74) is 0. The Labute approximate surface area is 58.1 Å². The van der Waals surface area contributed by atoms with Crippen molar-refractivity contribution in [2.24, 2.45) is 0 Å². The molecule has 0 saturated carbocycles. The number of rotatable bonds is 3. The number of carbonyl (C=O) groups is 1. The Morgan fingerprint density at radius 2 is 2.50 bits per heavy atom. The molecule has 0 aromatic rings. The van der Waals surface area contributed by atoms with Gasteiger partial charge in [0.1, 0.15) is 19.0 Å². The molecular weight excluding hydrogens is 136 g/mol. The molecule has 0 aromatic heterocycles. The molecule has 1 aliphatic rings. The van der Waals surface area contributed by atoms with Crippen molar-refractivity contribution in [1.82, 2.24) is 0 Å². The van der Waals surface area contributed by atoms with Crippen molar-refractivity contribution in [1.29, 1.82) is 0 Å². The van der Waals surface area contributed by atoms with Crippen molar-refractivity contribution in [2.75, 3.05) is 13.2 Å². The van der Waals surface area contributed by atoms with Crippen molar-refractivity contribution >= 4 is 5.97 Å². The first-order chi connectivity index (χ1) is 4.83. The van der Waals surface area contributed by atoms with Gasteiger partial charge in [-0.3, -0.25) is 5.11 Å². The molecule has 0 amide bonds. The van der Waals surface area contributed by atoms with Gasteiger partial charge in [-0.25, -0.2) is 4.79 Å². The summed E-state index contributed by atoms with van der Waals surface area (Å²) in [5, 5.41) is 9.69. The van der Waals surface area contributed by atoms with Gasteiger partial charge in [-0.05, 0) is 0 Å². The molecule has 0 bridgehead atoms. The molecule has 1 fully saturated rings. The summed E-state index contributed by atoms with van der Waals surface area (Å²) in [6.45, 7) is 0.900. The van der Waals surface area contributed by atoms with Crippen LogP contribution in [0.15, 0.2) is 12.3 Å². The van der Waals surface area contributed by atoms with Crippen LogP contribution < -0.4 is 0 Å². The van der Waals surface area contributed by atoms with Crippen LogP contribution in [0.4, 0.5) is 0 Å². The van der Waals surface area contributed by atoms with Gasteiger partial charge in [0, 0.05) is 0 Å². The summed E-state index contributed by atoms with van der Waals surface area (Å²) in [7, 11) is 0. The van der Waals surface area contributed by atoms with E-state index in [1.54, 1.807) is 0 Å². The molecule has 0 spiro atoms. The standard InChI is InChI=1S/C6H7O4/c7-2-1-6(8)10-4-5-3-9-5/h1-2,5H,3-4H2. The number of carbonyl (C=O) groups excluding carboxylic acids is 1. The van der Waals surface area contributed by atoms with E-state index in [9.17, 15) is 9.90 Å². The molecule has 0 N–H and O–H groups in total. The highest BCUT2D eigenvalue weighted by molar-refractivity contribution is 5.81. The van der Waals surface area contributed by atoms with Gasteiger partial charge in [0.25, 0.3) is 0 Å². The van der Waals surface area contributed by atoms with E-state index in [0.29, 0.717) is 12.9 Å². The molecule has 1 radical (unpaired) electrons. The second-order valence-electron chi connectivity index (χ2n) is 1.89. The first-order valence-electron chi connectivity index (χ1n) is 2.90. The van der Waals surface area contributed by atoms with Gasteiger partial charge in [-0.15, -0.1) is 0 Å². The second-order valence-corrected chi connectivity index (χ2v) is 1.89. The Hall–Kier alpha value is -1.03. The van der Waals surface area contributed by atoms with E-state index in [4.69, 9.17) is 4.74 Å². The van der Waals surface area contributed by atoms with Crippen LogP contribution in [-0.2, 0) is 19.4 Å². The summed E-state index contributed by atoms with van der Waals surface area (Å²) < 4.78 is 9.31. The lowest BCUT2D eigenvalue weighted by atomic mass is 10.5. The van der Waals surface area contributed by atoms with Gasteiger partial charge in [0.15, 0.2) is 0 Å². The van der Waals surface area contributed by atoms with Gasteiger partial charge in [0.2, 0.25) is 0 Å². The largest absolute Gasteiger partial charge is 0.460 e. The minimum atomic E-state index is -0.606. The highest BCUT2D eigenvalue weighted by Crippen LogP contribution is 2.08. The van der Waals surface area contributed by atoms with E-state index in [1.807, 2.05) is 0 Å². The van der Waals surface area contributed by atoms with E-state index in [-0.39, 0.29) is 12.7 Å². The normalized spacial score (nSPS) is 23.0. The number of epoxide rings is 1. The molecule has 4 nitrogen and oxygen atoms in total. The molecular formula is C6H7O4. The Morgan fingerprint density at radius 3 is 3.00 bits per heavy atom. The third-order valence-corrected chi connectivity index (χ3v) is 1.02. The molecule has 1 aliphatic heterocycles. The van der Waals surface area contributed by atoms with Gasteiger partial charge < -0.3 is 9.47 Å². The van der Waals surface area contributed by atoms with Crippen LogP contribution in [0.1, 0.15) is 0 Å². The van der Waals surface area contributed by atoms with Gasteiger partial charge >= 0.3 is 5.97 Å². The van der Waals surface area contributed by atoms with E-state index in [0.717, 1.165) is 6.08 Å². The van der Waals surface area contributed by atoms with Crippen molar-refractivity contribution in [3.8, 4) is 0 Å². The highest BCUT2D eigenvalue weighted by Gasteiger charge is 2.23. The fourth-order valence-electron chi connectivity index (χ4n) is 0.443. The zero-order chi connectivity index (χ0) is 7.40. The van der Waals surface area contributed by atoms with Crippen LogP contribution >= 0.6 is 0 Å². The second kappa shape index (κ2) is 3.22. The molecule has 4 heteroatoms. The Balaban J connectivity index is 2.05. The van der Waals surface area contributed by atoms with Crippen molar-refractivity contribution in [2.45, 2.75) is 6.10 Å². The summed E-state index contributed by atoms with van der Waals surface area (Å²) in [5.74, 6) is -0.606. The molecule has 10 heavy (non-hydrogen) atoms. The molecule has 1 unspecified atom stereocenters. The number of hydrogen-bond acceptors (Lipinski definition) is 3. The van der Waals surface area contributed by atoms with Crippen LogP contribution in [0, 0.1) is 0 Å². The first kappa shape index (κ1) is 7.08. The number of esters is 1. The quantitative estimate of drug-likeness (QED) is 0.239. The lowest BCUT2D eigenvalue weighted by molar-refractivity contribution is -0.138. The van der Waals surface area contributed by atoms with Crippen LogP contribution in [0.25, 0.3) is 0 Å². The SMILES string of the molecule is [O]C=CC(=O)OCC1CO1. The third-order valence-electron chi connectivity index (χ3n) is 1.02. The van der Waals surface area contributed by atoms with Gasteiger partial charge in [-0.2, -0.15) is 0 Å². The lowest BCUT2D eigenvalue weighted by Crippen LogP contribution is -2.06. The average molecular weight is 143 g/mol. The van der Waals surface area contributed by atoms with E-state index in [1.165, 1.54) is 0 Å².